The molecule has 0 aliphatic heterocycles. The molecule has 39 heavy (non-hydrogen) atoms. The number of aromatic nitrogens is 6. The second-order valence-corrected chi connectivity index (χ2v) is 10.8. The van der Waals surface area contributed by atoms with Crippen molar-refractivity contribution in [2.24, 2.45) is 7.05 Å². The molecule has 196 valence electrons. The first kappa shape index (κ1) is 23.6. The summed E-state index contributed by atoms with van der Waals surface area (Å²) < 4.78 is 3.81. The number of H-pyrrole nitrogens is 1. The van der Waals surface area contributed by atoms with Crippen LogP contribution >= 0.6 is 0 Å². The number of imidazole rings is 1. The van der Waals surface area contributed by atoms with Crippen LogP contribution in [0.2, 0.25) is 0 Å². The molecule has 0 bridgehead atoms. The van der Waals surface area contributed by atoms with Crippen molar-refractivity contribution >= 4 is 38.7 Å². The van der Waals surface area contributed by atoms with Gasteiger partial charge < -0.3 is 15.0 Å². The van der Waals surface area contributed by atoms with E-state index in [2.05, 4.69) is 31.7 Å². The van der Waals surface area contributed by atoms with Gasteiger partial charge >= 0.3 is 0 Å². The van der Waals surface area contributed by atoms with E-state index < -0.39 is 5.60 Å². The van der Waals surface area contributed by atoms with Crippen LogP contribution in [0.1, 0.15) is 36.0 Å². The number of hydrogen-bond acceptors (Lipinski definition) is 5. The number of hydrogen-bond donors (Lipinski definition) is 3. The van der Waals surface area contributed by atoms with E-state index in [1.165, 1.54) is 0 Å². The number of carbonyl (C=O) groups is 1. The Bertz CT molecular complexity index is 1850. The highest BCUT2D eigenvalue weighted by molar-refractivity contribution is 6.02. The fraction of sp³-hybridized carbons (Fsp3) is 0.267. The number of rotatable bonds is 5. The molecule has 1 saturated carbocycles. The first-order chi connectivity index (χ1) is 18.9. The van der Waals surface area contributed by atoms with Crippen molar-refractivity contribution in [2.75, 3.05) is 0 Å². The van der Waals surface area contributed by atoms with Crippen LogP contribution in [0.5, 0.6) is 0 Å². The van der Waals surface area contributed by atoms with E-state index >= 15 is 0 Å². The quantitative estimate of drug-likeness (QED) is 0.309. The molecule has 6 aromatic rings. The third-order valence-corrected chi connectivity index (χ3v) is 7.87. The van der Waals surface area contributed by atoms with Crippen LogP contribution in [-0.4, -0.2) is 52.2 Å². The lowest BCUT2D eigenvalue weighted by Crippen LogP contribution is -2.47. The summed E-state index contributed by atoms with van der Waals surface area (Å²) in [6.07, 6.45) is 6.63. The SMILES string of the molecule is Cn1cc2cc(-c3n[nH]c4ccc(C(=O)N[C@H]5CCC[C@](O)(Cn6cnc7ccccc76)C5)cc34)ccc2n1. The smallest absolute Gasteiger partial charge is 0.251 e. The predicted molar refractivity (Wildman–Crippen MR) is 150 cm³/mol. The summed E-state index contributed by atoms with van der Waals surface area (Å²) >= 11 is 0. The van der Waals surface area contributed by atoms with Crippen molar-refractivity contribution in [1.82, 2.24) is 34.8 Å². The molecule has 9 nitrogen and oxygen atoms in total. The number of nitrogens with one attached hydrogen (secondary N) is 2. The zero-order valence-electron chi connectivity index (χ0n) is 21.6. The molecule has 1 amide bonds. The molecule has 1 fully saturated rings. The average molecular weight is 520 g/mol. The molecule has 1 aliphatic carbocycles. The van der Waals surface area contributed by atoms with Crippen molar-refractivity contribution in [3.05, 3.63) is 78.8 Å². The van der Waals surface area contributed by atoms with E-state index in [9.17, 15) is 9.90 Å². The number of amides is 1. The molecular formula is C30H29N7O2. The zero-order chi connectivity index (χ0) is 26.6. The Morgan fingerprint density at radius 2 is 2.05 bits per heavy atom. The second kappa shape index (κ2) is 9.06. The number of benzene rings is 3. The van der Waals surface area contributed by atoms with Crippen molar-refractivity contribution in [1.29, 1.82) is 0 Å². The van der Waals surface area contributed by atoms with E-state index in [1.807, 2.05) is 72.4 Å². The molecule has 0 spiro atoms. The van der Waals surface area contributed by atoms with Crippen LogP contribution in [-0.2, 0) is 13.6 Å². The normalized spacial score (nSPS) is 19.7. The van der Waals surface area contributed by atoms with Crippen LogP contribution in [0.25, 0.3) is 44.1 Å². The van der Waals surface area contributed by atoms with Gasteiger partial charge in [-0.3, -0.25) is 14.6 Å². The predicted octanol–water partition coefficient (Wildman–Crippen LogP) is 4.57. The first-order valence-corrected chi connectivity index (χ1v) is 13.3. The molecule has 0 unspecified atom stereocenters. The lowest BCUT2D eigenvalue weighted by molar-refractivity contribution is -0.0203. The molecule has 3 aromatic carbocycles. The Balaban J connectivity index is 1.10. The Labute approximate surface area is 224 Å². The summed E-state index contributed by atoms with van der Waals surface area (Å²) in [5.41, 5.74) is 5.13. The maximum atomic E-state index is 13.4. The molecule has 3 aromatic heterocycles. The fourth-order valence-electron chi connectivity index (χ4n) is 6.00. The molecular weight excluding hydrogens is 490 g/mol. The molecule has 0 radical (unpaired) electrons. The van der Waals surface area contributed by atoms with E-state index in [1.54, 1.807) is 11.0 Å². The highest BCUT2D eigenvalue weighted by Crippen LogP contribution is 2.32. The Hall–Kier alpha value is -4.50. The molecule has 3 heterocycles. The molecule has 2 atom stereocenters. The van der Waals surface area contributed by atoms with Gasteiger partial charge in [0.2, 0.25) is 0 Å². The van der Waals surface area contributed by atoms with Crippen molar-refractivity contribution < 1.29 is 9.90 Å². The topological polar surface area (TPSA) is 114 Å². The summed E-state index contributed by atoms with van der Waals surface area (Å²) in [7, 11) is 1.90. The number of carbonyl (C=O) groups excluding carboxylic acids is 1. The van der Waals surface area contributed by atoms with E-state index in [0.29, 0.717) is 24.9 Å². The van der Waals surface area contributed by atoms with Gasteiger partial charge in [0, 0.05) is 41.2 Å². The van der Waals surface area contributed by atoms with Gasteiger partial charge in [-0.1, -0.05) is 18.2 Å². The lowest BCUT2D eigenvalue weighted by atomic mass is 9.81. The molecule has 7 rings (SSSR count). The molecule has 9 heteroatoms. The van der Waals surface area contributed by atoms with Crippen LogP contribution in [0.4, 0.5) is 0 Å². The van der Waals surface area contributed by atoms with Gasteiger partial charge in [0.1, 0.15) is 0 Å². The number of nitrogens with zero attached hydrogens (tertiary/aromatic N) is 5. The molecule has 1 aliphatic rings. The first-order valence-electron chi connectivity index (χ1n) is 13.3. The average Bonchev–Trinajstić information content (AvgIpc) is 3.63. The zero-order valence-corrected chi connectivity index (χ0v) is 21.6. The standard InChI is InChI=1S/C30H29N7O2/c1-36-16-21-13-19(8-10-24(21)35-36)28-23-14-20(9-11-25(23)33-34-28)29(38)32-22-5-4-12-30(39,15-22)17-37-18-31-26-6-2-3-7-27(26)37/h2-3,6-11,13-14,16,18,22,39H,4-5,12,15,17H2,1H3,(H,32,38)(H,33,34)/t22-,30+/m0/s1. The van der Waals surface area contributed by atoms with Gasteiger partial charge in [0.25, 0.3) is 5.91 Å². The van der Waals surface area contributed by atoms with Gasteiger partial charge in [-0.15, -0.1) is 0 Å². The molecule has 3 N–H and O–H groups in total. The minimum Gasteiger partial charge on any atom is -0.388 e. The second-order valence-electron chi connectivity index (χ2n) is 10.8. The highest BCUT2D eigenvalue weighted by Gasteiger charge is 2.35. The number of fused-ring (bicyclic) bond motifs is 3. The summed E-state index contributed by atoms with van der Waals surface area (Å²) in [5, 5.41) is 28.7. The van der Waals surface area contributed by atoms with Crippen LogP contribution in [0, 0.1) is 0 Å². The lowest BCUT2D eigenvalue weighted by Gasteiger charge is -2.37. The third kappa shape index (κ3) is 4.34. The highest BCUT2D eigenvalue weighted by atomic mass is 16.3. The number of aliphatic hydroxyl groups is 1. The molecule has 0 saturated heterocycles. The van der Waals surface area contributed by atoms with Gasteiger partial charge in [0.05, 0.1) is 46.2 Å². The minimum absolute atomic E-state index is 0.112. The van der Waals surface area contributed by atoms with E-state index in [0.717, 1.165) is 56.9 Å². The summed E-state index contributed by atoms with van der Waals surface area (Å²) in [4.78, 5) is 17.8. The minimum atomic E-state index is -0.910. The van der Waals surface area contributed by atoms with Crippen LogP contribution in [0.3, 0.4) is 0 Å². The fourth-order valence-corrected chi connectivity index (χ4v) is 6.00. The summed E-state index contributed by atoms with van der Waals surface area (Å²) in [6.45, 7) is 0.450. The van der Waals surface area contributed by atoms with Gasteiger partial charge in [0.15, 0.2) is 0 Å². The Morgan fingerprint density at radius 3 is 2.97 bits per heavy atom. The third-order valence-electron chi connectivity index (χ3n) is 7.87. The number of para-hydroxylation sites is 2. The summed E-state index contributed by atoms with van der Waals surface area (Å²) in [5.74, 6) is -0.144. The Kier molecular flexibility index (Phi) is 5.48. The van der Waals surface area contributed by atoms with Crippen LogP contribution in [0.15, 0.2) is 73.2 Å². The largest absolute Gasteiger partial charge is 0.388 e. The monoisotopic (exact) mass is 519 g/mol. The maximum absolute atomic E-state index is 13.4. The van der Waals surface area contributed by atoms with Gasteiger partial charge in [-0.2, -0.15) is 10.2 Å². The van der Waals surface area contributed by atoms with Crippen molar-refractivity contribution in [3.63, 3.8) is 0 Å². The van der Waals surface area contributed by atoms with Gasteiger partial charge in [-0.25, -0.2) is 4.98 Å². The number of aryl methyl sites for hydroxylation is 1. The van der Waals surface area contributed by atoms with E-state index in [-0.39, 0.29) is 11.9 Å². The summed E-state index contributed by atoms with van der Waals surface area (Å²) in [6, 6.07) is 19.5. The van der Waals surface area contributed by atoms with Crippen molar-refractivity contribution in [3.8, 4) is 11.3 Å². The van der Waals surface area contributed by atoms with Gasteiger partial charge in [-0.05, 0) is 68.1 Å². The van der Waals surface area contributed by atoms with E-state index in [4.69, 9.17) is 0 Å². The maximum Gasteiger partial charge on any atom is 0.251 e. The van der Waals surface area contributed by atoms with Crippen molar-refractivity contribution in [2.45, 2.75) is 43.9 Å². The van der Waals surface area contributed by atoms with Crippen LogP contribution < -0.4 is 5.32 Å². The number of aromatic amines is 1. The Morgan fingerprint density at radius 1 is 1.15 bits per heavy atom.